The molecule has 0 spiro atoms. The molecule has 3 N–H and O–H groups in total. The minimum absolute atomic E-state index is 0. The summed E-state index contributed by atoms with van der Waals surface area (Å²) in [4.78, 5) is 29.2. The molecule has 0 bridgehead atoms. The van der Waals surface area contributed by atoms with E-state index in [0.29, 0.717) is 36.5 Å². The topological polar surface area (TPSA) is 112 Å². The van der Waals surface area contributed by atoms with E-state index in [1.807, 2.05) is 0 Å². The summed E-state index contributed by atoms with van der Waals surface area (Å²) in [6.45, 7) is 0. The van der Waals surface area contributed by atoms with Gasteiger partial charge in [0.2, 0.25) is 0 Å². The van der Waals surface area contributed by atoms with E-state index in [1.165, 1.54) is 0 Å². The van der Waals surface area contributed by atoms with Gasteiger partial charge in [0.15, 0.2) is 0 Å². The minimum atomic E-state index is -0.742. The van der Waals surface area contributed by atoms with Crippen molar-refractivity contribution in [1.29, 1.82) is 0 Å². The standard InChI is InChI=1S/3C4H8O2S.Sb/c3*5-4(6)2-1-3-7;/h3*7H,1-3H2,(H,5,6);. The number of carboxylic acid groups (broad SMARTS) is 3. The Balaban J connectivity index is -0.000000108. The molecule has 10 heteroatoms. The van der Waals surface area contributed by atoms with Gasteiger partial charge in [-0.05, 0) is 36.5 Å². The molecule has 0 saturated heterocycles. The molecule has 131 valence electrons. The summed E-state index contributed by atoms with van der Waals surface area (Å²) < 4.78 is 0. The van der Waals surface area contributed by atoms with Crippen LogP contribution in [0.4, 0.5) is 0 Å². The first-order valence-electron chi connectivity index (χ1n) is 6.29. The molecule has 22 heavy (non-hydrogen) atoms. The van der Waals surface area contributed by atoms with Gasteiger partial charge in [0.1, 0.15) is 0 Å². The summed E-state index contributed by atoms with van der Waals surface area (Å²) in [5, 5.41) is 24.0. The van der Waals surface area contributed by atoms with E-state index < -0.39 is 17.9 Å². The van der Waals surface area contributed by atoms with Gasteiger partial charge in [-0.25, -0.2) is 0 Å². The van der Waals surface area contributed by atoms with E-state index in [-0.39, 0.29) is 43.7 Å². The van der Waals surface area contributed by atoms with Crippen LogP contribution in [0.15, 0.2) is 0 Å². The first-order valence-corrected chi connectivity index (χ1v) is 8.19. The van der Waals surface area contributed by atoms with Crippen molar-refractivity contribution >= 4 is 80.2 Å². The molecule has 6 nitrogen and oxygen atoms in total. The van der Waals surface area contributed by atoms with Crippen LogP contribution >= 0.6 is 37.9 Å². The van der Waals surface area contributed by atoms with Gasteiger partial charge >= 0.3 is 17.9 Å². The largest absolute Gasteiger partial charge is 0.481 e. The molecule has 0 unspecified atom stereocenters. The second-order valence-corrected chi connectivity index (χ2v) is 5.00. The van der Waals surface area contributed by atoms with Crippen LogP contribution in [-0.4, -0.2) is 74.9 Å². The second kappa shape index (κ2) is 26.2. The Hall–Kier alpha value is 0.278. The summed E-state index contributed by atoms with van der Waals surface area (Å²) in [5.74, 6) is -0.248. The zero-order valence-electron chi connectivity index (χ0n) is 12.2. The maximum absolute atomic E-state index is 9.72. The van der Waals surface area contributed by atoms with Crippen LogP contribution in [0, 0.1) is 0 Å². The van der Waals surface area contributed by atoms with Crippen molar-refractivity contribution in [3.63, 3.8) is 0 Å². The molecule has 0 aromatic carbocycles. The van der Waals surface area contributed by atoms with Gasteiger partial charge in [-0.2, -0.15) is 37.9 Å². The molecule has 0 aromatic heterocycles. The molecule has 0 aliphatic carbocycles. The molecule has 0 amide bonds. The van der Waals surface area contributed by atoms with Crippen LogP contribution in [0.25, 0.3) is 0 Å². The van der Waals surface area contributed by atoms with Gasteiger partial charge in [-0.1, -0.05) is 0 Å². The van der Waals surface area contributed by atoms with Crippen molar-refractivity contribution in [2.24, 2.45) is 0 Å². The molecule has 0 saturated carbocycles. The van der Waals surface area contributed by atoms with Crippen LogP contribution in [0.3, 0.4) is 0 Å². The number of carbonyl (C=O) groups is 3. The van der Waals surface area contributed by atoms with Crippen molar-refractivity contribution in [2.45, 2.75) is 38.5 Å². The van der Waals surface area contributed by atoms with Crippen LogP contribution in [0.1, 0.15) is 38.5 Å². The van der Waals surface area contributed by atoms with E-state index in [9.17, 15) is 14.4 Å². The minimum Gasteiger partial charge on any atom is -0.481 e. The van der Waals surface area contributed by atoms with Gasteiger partial charge in [0, 0.05) is 43.7 Å². The fourth-order valence-corrected chi connectivity index (χ4v) is 1.17. The first-order chi connectivity index (χ1) is 9.81. The summed E-state index contributed by atoms with van der Waals surface area (Å²) in [7, 11) is 0. The quantitative estimate of drug-likeness (QED) is 0.222. The Kier molecular flexibility index (Phi) is 35.9. The molecule has 0 heterocycles. The molecular weight excluding hydrogens is 458 g/mol. The summed E-state index contributed by atoms with van der Waals surface area (Å²) in [6, 6.07) is 0. The van der Waals surface area contributed by atoms with E-state index in [1.54, 1.807) is 0 Å². The molecule has 0 rings (SSSR count). The third-order valence-corrected chi connectivity index (χ3v) is 2.59. The summed E-state index contributed by atoms with van der Waals surface area (Å²) >= 11 is 11.5. The average Bonchev–Trinajstić information content (AvgIpc) is 2.41. The second-order valence-electron chi connectivity index (χ2n) is 3.66. The van der Waals surface area contributed by atoms with Crippen molar-refractivity contribution < 1.29 is 29.7 Å². The fourth-order valence-electron chi connectivity index (χ4n) is 0.691. The third kappa shape index (κ3) is 50.0. The normalized spacial score (nSPS) is 8.32. The zero-order chi connectivity index (χ0) is 17.1. The Labute approximate surface area is 165 Å². The average molecular weight is 482 g/mol. The van der Waals surface area contributed by atoms with Gasteiger partial charge in [-0.3, -0.25) is 14.4 Å². The molecule has 0 aromatic rings. The van der Waals surface area contributed by atoms with Crippen molar-refractivity contribution in [2.75, 3.05) is 17.3 Å². The SMILES string of the molecule is O=C(O)CCCS.O=C(O)CCCS.O=C(O)CCCS.[Sb]. The van der Waals surface area contributed by atoms with Crippen LogP contribution in [0.5, 0.6) is 0 Å². The van der Waals surface area contributed by atoms with Gasteiger partial charge in [-0.15, -0.1) is 0 Å². The predicted molar refractivity (Wildman–Crippen MR) is 97.9 cm³/mol. The number of carboxylic acids is 3. The number of hydrogen-bond acceptors (Lipinski definition) is 6. The number of rotatable bonds is 9. The monoisotopic (exact) mass is 481 g/mol. The van der Waals surface area contributed by atoms with Crippen molar-refractivity contribution in [1.82, 2.24) is 0 Å². The number of aliphatic carboxylic acids is 3. The molecular formula is C12H24O6S3Sb. The Morgan fingerprint density at radius 3 is 0.818 bits per heavy atom. The Bertz CT molecular complexity index is 237. The summed E-state index contributed by atoms with van der Waals surface area (Å²) in [5.41, 5.74) is 0. The Morgan fingerprint density at radius 1 is 0.591 bits per heavy atom. The van der Waals surface area contributed by atoms with Gasteiger partial charge in [0.05, 0.1) is 0 Å². The number of hydrogen-bond donors (Lipinski definition) is 6. The first kappa shape index (κ1) is 30.2. The fraction of sp³-hybridized carbons (Fsp3) is 0.750. The smallest absolute Gasteiger partial charge is 0.303 e. The third-order valence-electron chi connectivity index (χ3n) is 1.65. The van der Waals surface area contributed by atoms with Gasteiger partial charge < -0.3 is 15.3 Å². The molecule has 0 aliphatic rings. The van der Waals surface area contributed by atoms with Crippen molar-refractivity contribution in [3.8, 4) is 0 Å². The van der Waals surface area contributed by atoms with E-state index >= 15 is 0 Å². The molecule has 0 fully saturated rings. The maximum atomic E-state index is 9.72. The number of thiol groups is 3. The van der Waals surface area contributed by atoms with Crippen molar-refractivity contribution in [3.05, 3.63) is 0 Å². The Morgan fingerprint density at radius 2 is 0.773 bits per heavy atom. The molecule has 0 aliphatic heterocycles. The maximum Gasteiger partial charge on any atom is 0.303 e. The summed E-state index contributed by atoms with van der Waals surface area (Å²) in [6.07, 6.45) is 2.71. The van der Waals surface area contributed by atoms with E-state index in [4.69, 9.17) is 15.3 Å². The predicted octanol–water partition coefficient (Wildman–Crippen LogP) is 1.96. The van der Waals surface area contributed by atoms with E-state index in [2.05, 4.69) is 37.9 Å². The molecule has 3 radical (unpaired) electrons. The van der Waals surface area contributed by atoms with Crippen LogP contribution < -0.4 is 0 Å². The van der Waals surface area contributed by atoms with Crippen LogP contribution in [0.2, 0.25) is 0 Å². The van der Waals surface area contributed by atoms with Gasteiger partial charge in [0.25, 0.3) is 0 Å². The van der Waals surface area contributed by atoms with E-state index in [0.717, 1.165) is 0 Å². The zero-order valence-corrected chi connectivity index (χ0v) is 17.5. The van der Waals surface area contributed by atoms with Crippen LogP contribution in [-0.2, 0) is 14.4 Å². The molecule has 0 atom stereocenters.